The summed E-state index contributed by atoms with van der Waals surface area (Å²) in [4.78, 5) is 0. The molecule has 112 valence electrons. The van der Waals surface area contributed by atoms with Gasteiger partial charge in [-0.3, -0.25) is 0 Å². The zero-order valence-electron chi connectivity index (χ0n) is 12.4. The number of rotatable bonds is 4. The van der Waals surface area contributed by atoms with Crippen LogP contribution < -0.4 is 10.5 Å². The molecular formula is C17H19F2NO. The predicted molar refractivity (Wildman–Crippen MR) is 79.3 cm³/mol. The van der Waals surface area contributed by atoms with E-state index in [9.17, 15) is 8.78 Å². The number of aryl methyl sites for hydroxylation is 1. The van der Waals surface area contributed by atoms with Crippen LogP contribution in [0.2, 0.25) is 0 Å². The fourth-order valence-electron chi connectivity index (χ4n) is 2.22. The minimum absolute atomic E-state index is 0.0504. The Morgan fingerprint density at radius 1 is 1.05 bits per heavy atom. The Morgan fingerprint density at radius 3 is 2.38 bits per heavy atom. The molecule has 0 aliphatic carbocycles. The van der Waals surface area contributed by atoms with Gasteiger partial charge >= 0.3 is 0 Å². The molecule has 2 rings (SSSR count). The van der Waals surface area contributed by atoms with Crippen molar-refractivity contribution in [3.05, 3.63) is 64.7 Å². The van der Waals surface area contributed by atoms with Gasteiger partial charge in [-0.15, -0.1) is 0 Å². The second-order valence-corrected chi connectivity index (χ2v) is 5.27. The van der Waals surface area contributed by atoms with Crippen molar-refractivity contribution in [1.82, 2.24) is 0 Å². The molecule has 0 saturated heterocycles. The molecule has 0 radical (unpaired) electrons. The minimum Gasteiger partial charge on any atom is -0.491 e. The second kappa shape index (κ2) is 6.22. The summed E-state index contributed by atoms with van der Waals surface area (Å²) in [6.07, 6.45) is -0.0504. The molecule has 2 aromatic carbocycles. The van der Waals surface area contributed by atoms with Gasteiger partial charge < -0.3 is 10.5 Å². The lowest BCUT2D eigenvalue weighted by atomic mass is 9.96. The van der Waals surface area contributed by atoms with Crippen LogP contribution in [0.3, 0.4) is 0 Å². The van der Waals surface area contributed by atoms with Crippen LogP contribution in [0.5, 0.6) is 5.75 Å². The zero-order valence-corrected chi connectivity index (χ0v) is 12.4. The highest BCUT2D eigenvalue weighted by atomic mass is 19.1. The fourth-order valence-corrected chi connectivity index (χ4v) is 2.22. The van der Waals surface area contributed by atoms with Crippen LogP contribution >= 0.6 is 0 Å². The van der Waals surface area contributed by atoms with Gasteiger partial charge in [0, 0.05) is 11.1 Å². The number of halogens is 2. The van der Waals surface area contributed by atoms with E-state index in [4.69, 9.17) is 10.5 Å². The monoisotopic (exact) mass is 291 g/mol. The highest BCUT2D eigenvalue weighted by molar-refractivity contribution is 5.43. The molecule has 0 spiro atoms. The zero-order chi connectivity index (χ0) is 15.6. The molecule has 1 atom stereocenters. The number of benzene rings is 2. The average molecular weight is 291 g/mol. The van der Waals surface area contributed by atoms with E-state index in [1.54, 1.807) is 31.2 Å². The van der Waals surface area contributed by atoms with Gasteiger partial charge in [0.2, 0.25) is 0 Å². The molecule has 0 amide bonds. The molecule has 0 saturated carbocycles. The Kier molecular flexibility index (Phi) is 4.58. The van der Waals surface area contributed by atoms with Crippen molar-refractivity contribution in [2.24, 2.45) is 5.73 Å². The lowest BCUT2D eigenvalue weighted by Gasteiger charge is -2.20. The first-order valence-corrected chi connectivity index (χ1v) is 6.87. The molecule has 21 heavy (non-hydrogen) atoms. The third-order valence-electron chi connectivity index (χ3n) is 3.25. The van der Waals surface area contributed by atoms with E-state index >= 15 is 0 Å². The summed E-state index contributed by atoms with van der Waals surface area (Å²) in [5.41, 5.74) is 6.90. The number of hydrogen-bond acceptors (Lipinski definition) is 2. The highest BCUT2D eigenvalue weighted by Gasteiger charge is 2.22. The van der Waals surface area contributed by atoms with Crippen LogP contribution in [0.15, 0.2) is 36.4 Å². The van der Waals surface area contributed by atoms with Crippen LogP contribution in [0, 0.1) is 18.6 Å². The quantitative estimate of drug-likeness (QED) is 0.920. The molecule has 0 bridgehead atoms. The van der Waals surface area contributed by atoms with E-state index in [1.807, 2.05) is 13.8 Å². The Hall–Kier alpha value is -1.94. The van der Waals surface area contributed by atoms with Gasteiger partial charge in [-0.05, 0) is 38.5 Å². The molecule has 0 aliphatic heterocycles. The van der Waals surface area contributed by atoms with E-state index in [2.05, 4.69) is 0 Å². The third kappa shape index (κ3) is 3.22. The van der Waals surface area contributed by atoms with E-state index in [1.165, 1.54) is 12.1 Å². The molecule has 2 nitrogen and oxygen atoms in total. The minimum atomic E-state index is -0.917. The predicted octanol–water partition coefficient (Wildman–Crippen LogP) is 4.11. The van der Waals surface area contributed by atoms with Gasteiger partial charge in [0.05, 0.1) is 12.1 Å². The molecule has 0 aromatic heterocycles. The van der Waals surface area contributed by atoms with Crippen molar-refractivity contribution in [3.63, 3.8) is 0 Å². The Bertz CT molecular complexity index is 641. The summed E-state index contributed by atoms with van der Waals surface area (Å²) in [5, 5.41) is 0. The van der Waals surface area contributed by atoms with E-state index in [-0.39, 0.29) is 11.7 Å². The Balaban J connectivity index is 2.50. The topological polar surface area (TPSA) is 35.2 Å². The summed E-state index contributed by atoms with van der Waals surface area (Å²) >= 11 is 0. The van der Waals surface area contributed by atoms with Gasteiger partial charge in [-0.2, -0.15) is 0 Å². The molecule has 0 aliphatic rings. The molecule has 2 N–H and O–H groups in total. The van der Waals surface area contributed by atoms with Gasteiger partial charge in [0.25, 0.3) is 0 Å². The van der Waals surface area contributed by atoms with Crippen molar-refractivity contribution in [2.75, 3.05) is 0 Å². The lowest BCUT2D eigenvalue weighted by molar-refractivity contribution is 0.239. The molecule has 4 heteroatoms. The van der Waals surface area contributed by atoms with Crippen molar-refractivity contribution >= 4 is 0 Å². The number of hydrogen-bond donors (Lipinski definition) is 1. The number of ether oxygens (including phenoxy) is 1. The van der Waals surface area contributed by atoms with E-state index < -0.39 is 17.7 Å². The maximum Gasteiger partial charge on any atom is 0.134 e. The van der Waals surface area contributed by atoms with Crippen LogP contribution in [-0.4, -0.2) is 6.10 Å². The molecule has 0 fully saturated rings. The second-order valence-electron chi connectivity index (χ2n) is 5.27. The van der Waals surface area contributed by atoms with Crippen LogP contribution in [0.1, 0.15) is 36.6 Å². The molecular weight excluding hydrogens is 272 g/mol. The normalized spacial score (nSPS) is 12.5. The summed E-state index contributed by atoms with van der Waals surface area (Å²) in [5.74, 6) is -0.716. The SMILES string of the molecule is Cc1ccc(F)c(C(N)c2ccccc2OC(C)C)c1F. The Morgan fingerprint density at radius 2 is 1.71 bits per heavy atom. The van der Waals surface area contributed by atoms with Crippen molar-refractivity contribution in [1.29, 1.82) is 0 Å². The van der Waals surface area contributed by atoms with Gasteiger partial charge in [-0.1, -0.05) is 24.3 Å². The maximum atomic E-state index is 14.2. The smallest absolute Gasteiger partial charge is 0.134 e. The summed E-state index contributed by atoms with van der Waals surface area (Å²) in [6.45, 7) is 5.35. The largest absolute Gasteiger partial charge is 0.491 e. The van der Waals surface area contributed by atoms with E-state index in [0.29, 0.717) is 16.9 Å². The van der Waals surface area contributed by atoms with Gasteiger partial charge in [0.1, 0.15) is 17.4 Å². The lowest BCUT2D eigenvalue weighted by Crippen LogP contribution is -2.18. The summed E-state index contributed by atoms with van der Waals surface area (Å²) in [6, 6.07) is 8.77. The molecule has 2 aromatic rings. The van der Waals surface area contributed by atoms with E-state index in [0.717, 1.165) is 0 Å². The van der Waals surface area contributed by atoms with Crippen molar-refractivity contribution < 1.29 is 13.5 Å². The fraction of sp³-hybridized carbons (Fsp3) is 0.294. The average Bonchev–Trinajstić information content (AvgIpc) is 2.43. The maximum absolute atomic E-state index is 14.2. The highest BCUT2D eigenvalue weighted by Crippen LogP contribution is 2.32. The van der Waals surface area contributed by atoms with Crippen molar-refractivity contribution in [3.8, 4) is 5.75 Å². The van der Waals surface area contributed by atoms with Gasteiger partial charge in [0.15, 0.2) is 0 Å². The standard InChI is InChI=1S/C17H19F2NO/c1-10(2)21-14-7-5-4-6-12(14)17(20)15-13(18)9-8-11(3)16(15)19/h4-10,17H,20H2,1-3H3. The van der Waals surface area contributed by atoms with Crippen LogP contribution in [-0.2, 0) is 0 Å². The van der Waals surface area contributed by atoms with Crippen molar-refractivity contribution in [2.45, 2.75) is 32.9 Å². The number of para-hydroxylation sites is 1. The number of nitrogens with two attached hydrogens (primary N) is 1. The van der Waals surface area contributed by atoms with Crippen LogP contribution in [0.25, 0.3) is 0 Å². The summed E-state index contributed by atoms with van der Waals surface area (Å²) in [7, 11) is 0. The summed E-state index contributed by atoms with van der Waals surface area (Å²) < 4.78 is 33.9. The van der Waals surface area contributed by atoms with Gasteiger partial charge in [-0.25, -0.2) is 8.78 Å². The Labute approximate surface area is 123 Å². The third-order valence-corrected chi connectivity index (χ3v) is 3.25. The first-order valence-electron chi connectivity index (χ1n) is 6.87. The molecule has 0 heterocycles. The van der Waals surface area contributed by atoms with Crippen LogP contribution in [0.4, 0.5) is 8.78 Å². The first kappa shape index (κ1) is 15.4. The molecule has 1 unspecified atom stereocenters. The first-order chi connectivity index (χ1) is 9.91.